The number of amides is 1. The molecule has 0 unspecified atom stereocenters. The van der Waals surface area contributed by atoms with E-state index in [-0.39, 0.29) is 28.3 Å². The molecule has 0 aromatic heterocycles. The quantitative estimate of drug-likeness (QED) is 0.737. The first-order valence-corrected chi connectivity index (χ1v) is 6.09. The second kappa shape index (κ2) is 3.00. The first-order valence-electron chi connectivity index (χ1n) is 6.09. The first kappa shape index (κ1) is 11.9. The summed E-state index contributed by atoms with van der Waals surface area (Å²) in [5, 5.41) is 10.2. The molecule has 2 aliphatic rings. The molecule has 0 radical (unpaired) electrons. The summed E-state index contributed by atoms with van der Waals surface area (Å²) < 4.78 is 0. The molecule has 2 aliphatic carbocycles. The average molecular weight is 225 g/mol. The molecule has 2 bridgehead atoms. The first-order chi connectivity index (χ1) is 7.19. The summed E-state index contributed by atoms with van der Waals surface area (Å²) in [6, 6.07) is 0. The summed E-state index contributed by atoms with van der Waals surface area (Å²) in [5.41, 5.74) is -0.551. The maximum Gasteiger partial charge on any atom is 0.228 e. The number of hydrogen-bond donors (Lipinski definition) is 1. The van der Waals surface area contributed by atoms with Crippen LogP contribution >= 0.6 is 0 Å². The maximum atomic E-state index is 12.4. The third kappa shape index (κ3) is 1.01. The van der Waals surface area contributed by atoms with Crippen molar-refractivity contribution in [3.05, 3.63) is 0 Å². The average Bonchev–Trinajstić information content (AvgIpc) is 2.46. The molecule has 3 heteroatoms. The zero-order chi connectivity index (χ0) is 12.4. The molecule has 2 saturated carbocycles. The summed E-state index contributed by atoms with van der Waals surface area (Å²) in [4.78, 5) is 14.1. The number of aliphatic hydroxyl groups is 1. The van der Waals surface area contributed by atoms with Crippen LogP contribution in [0.2, 0.25) is 0 Å². The standard InChI is InChI=1S/C13H23NO2/c1-11(2)12(3)6-7-13(11,8-9(12)15)10(16)14(4)5/h9,15H,6-8H2,1-5H3/t9-,12+,13+/m0/s1. The van der Waals surface area contributed by atoms with Gasteiger partial charge in [0.2, 0.25) is 5.91 Å². The number of carbonyl (C=O) groups excluding carboxylic acids is 1. The summed E-state index contributed by atoms with van der Waals surface area (Å²) >= 11 is 0. The van der Waals surface area contributed by atoms with Crippen molar-refractivity contribution < 1.29 is 9.90 Å². The number of carbonyl (C=O) groups is 1. The minimum atomic E-state index is -0.343. The van der Waals surface area contributed by atoms with Crippen LogP contribution in [0.1, 0.15) is 40.0 Å². The van der Waals surface area contributed by atoms with Crippen molar-refractivity contribution in [1.29, 1.82) is 0 Å². The highest BCUT2D eigenvalue weighted by Gasteiger charge is 2.72. The predicted molar refractivity (Wildman–Crippen MR) is 62.9 cm³/mol. The highest BCUT2D eigenvalue weighted by atomic mass is 16.3. The van der Waals surface area contributed by atoms with E-state index in [1.807, 2.05) is 14.1 Å². The molecule has 0 aliphatic heterocycles. The smallest absolute Gasteiger partial charge is 0.228 e. The van der Waals surface area contributed by atoms with Gasteiger partial charge in [-0.15, -0.1) is 0 Å². The van der Waals surface area contributed by atoms with Gasteiger partial charge in [-0.1, -0.05) is 20.8 Å². The van der Waals surface area contributed by atoms with Crippen LogP contribution in [0.3, 0.4) is 0 Å². The van der Waals surface area contributed by atoms with Gasteiger partial charge in [0.05, 0.1) is 11.5 Å². The molecule has 3 atom stereocenters. The molecule has 2 rings (SSSR count). The number of aliphatic hydroxyl groups excluding tert-OH is 1. The number of fused-ring (bicyclic) bond motifs is 2. The van der Waals surface area contributed by atoms with Gasteiger partial charge in [-0.05, 0) is 30.1 Å². The van der Waals surface area contributed by atoms with Gasteiger partial charge in [0.1, 0.15) is 0 Å². The molecule has 0 aromatic carbocycles. The molecular formula is C13H23NO2. The Hall–Kier alpha value is -0.570. The molecule has 0 heterocycles. The van der Waals surface area contributed by atoms with Crippen LogP contribution in [0.5, 0.6) is 0 Å². The van der Waals surface area contributed by atoms with Crippen LogP contribution in [0.15, 0.2) is 0 Å². The lowest BCUT2D eigenvalue weighted by Crippen LogP contribution is -2.46. The number of nitrogens with zero attached hydrogens (tertiary/aromatic N) is 1. The van der Waals surface area contributed by atoms with Gasteiger partial charge in [-0.3, -0.25) is 4.79 Å². The topological polar surface area (TPSA) is 40.5 Å². The van der Waals surface area contributed by atoms with Crippen molar-refractivity contribution in [1.82, 2.24) is 4.90 Å². The van der Waals surface area contributed by atoms with Crippen LogP contribution in [0, 0.1) is 16.2 Å². The van der Waals surface area contributed by atoms with Crippen molar-refractivity contribution in [3.8, 4) is 0 Å². The fourth-order valence-corrected chi connectivity index (χ4v) is 4.03. The largest absolute Gasteiger partial charge is 0.393 e. The van der Waals surface area contributed by atoms with E-state index in [4.69, 9.17) is 0 Å². The van der Waals surface area contributed by atoms with Gasteiger partial charge in [0, 0.05) is 14.1 Å². The van der Waals surface area contributed by atoms with Gasteiger partial charge < -0.3 is 10.0 Å². The van der Waals surface area contributed by atoms with E-state index in [0.29, 0.717) is 6.42 Å². The SMILES string of the molecule is CN(C)C(=O)[C@@]12CC[C@](C)([C@@H](O)C1)C2(C)C. The Morgan fingerprint density at radius 1 is 1.25 bits per heavy atom. The third-order valence-corrected chi connectivity index (χ3v) is 5.79. The Balaban J connectivity index is 2.48. The van der Waals surface area contributed by atoms with Crippen LogP contribution < -0.4 is 0 Å². The highest BCUT2D eigenvalue weighted by molar-refractivity contribution is 5.84. The molecule has 0 saturated heterocycles. The zero-order valence-electron chi connectivity index (χ0n) is 11.0. The molecule has 3 nitrogen and oxygen atoms in total. The zero-order valence-corrected chi connectivity index (χ0v) is 11.0. The Bertz CT molecular complexity index is 337. The lowest BCUT2D eigenvalue weighted by atomic mass is 9.64. The summed E-state index contributed by atoms with van der Waals surface area (Å²) in [5.74, 6) is 0.192. The number of hydrogen-bond acceptors (Lipinski definition) is 2. The number of rotatable bonds is 1. The molecule has 16 heavy (non-hydrogen) atoms. The normalized spacial score (nSPS) is 44.8. The lowest BCUT2D eigenvalue weighted by Gasteiger charge is -2.41. The fraction of sp³-hybridized carbons (Fsp3) is 0.923. The fourth-order valence-electron chi connectivity index (χ4n) is 4.03. The molecule has 0 aromatic rings. The Morgan fingerprint density at radius 3 is 2.12 bits per heavy atom. The second-order valence-electron chi connectivity index (χ2n) is 6.54. The Morgan fingerprint density at radius 2 is 1.81 bits per heavy atom. The van der Waals surface area contributed by atoms with Crippen LogP contribution in [0.25, 0.3) is 0 Å². The second-order valence-corrected chi connectivity index (χ2v) is 6.54. The van der Waals surface area contributed by atoms with E-state index in [2.05, 4.69) is 20.8 Å². The molecule has 2 fully saturated rings. The van der Waals surface area contributed by atoms with E-state index in [1.54, 1.807) is 4.90 Å². The van der Waals surface area contributed by atoms with E-state index >= 15 is 0 Å². The molecule has 92 valence electrons. The van der Waals surface area contributed by atoms with E-state index in [9.17, 15) is 9.90 Å². The van der Waals surface area contributed by atoms with Gasteiger partial charge in [0.15, 0.2) is 0 Å². The molecular weight excluding hydrogens is 202 g/mol. The summed E-state index contributed by atoms with van der Waals surface area (Å²) in [6.07, 6.45) is 2.18. The Labute approximate surface area is 97.8 Å². The molecule has 0 spiro atoms. The van der Waals surface area contributed by atoms with E-state index in [1.165, 1.54) is 0 Å². The van der Waals surface area contributed by atoms with E-state index in [0.717, 1.165) is 12.8 Å². The predicted octanol–water partition coefficient (Wildman–Crippen LogP) is 1.65. The third-order valence-electron chi connectivity index (χ3n) is 5.79. The van der Waals surface area contributed by atoms with Gasteiger partial charge >= 0.3 is 0 Å². The van der Waals surface area contributed by atoms with Crippen molar-refractivity contribution in [2.24, 2.45) is 16.2 Å². The van der Waals surface area contributed by atoms with Crippen LogP contribution in [-0.2, 0) is 4.79 Å². The summed E-state index contributed by atoms with van der Waals surface area (Å²) in [6.45, 7) is 6.44. The van der Waals surface area contributed by atoms with Gasteiger partial charge in [-0.25, -0.2) is 0 Å². The minimum absolute atomic E-state index is 0.0985. The van der Waals surface area contributed by atoms with Crippen LogP contribution in [0.4, 0.5) is 0 Å². The Kier molecular flexibility index (Phi) is 2.24. The highest BCUT2D eigenvalue weighted by Crippen LogP contribution is 2.72. The van der Waals surface area contributed by atoms with Crippen molar-refractivity contribution in [2.45, 2.75) is 46.1 Å². The van der Waals surface area contributed by atoms with E-state index < -0.39 is 0 Å². The lowest BCUT2D eigenvalue weighted by molar-refractivity contribution is -0.144. The minimum Gasteiger partial charge on any atom is -0.393 e. The van der Waals surface area contributed by atoms with Crippen molar-refractivity contribution in [2.75, 3.05) is 14.1 Å². The van der Waals surface area contributed by atoms with Crippen molar-refractivity contribution in [3.63, 3.8) is 0 Å². The monoisotopic (exact) mass is 225 g/mol. The molecule has 1 N–H and O–H groups in total. The van der Waals surface area contributed by atoms with Crippen LogP contribution in [-0.4, -0.2) is 36.1 Å². The maximum absolute atomic E-state index is 12.4. The van der Waals surface area contributed by atoms with Gasteiger partial charge in [-0.2, -0.15) is 0 Å². The summed E-state index contributed by atoms with van der Waals surface area (Å²) in [7, 11) is 3.63. The molecule has 1 amide bonds. The van der Waals surface area contributed by atoms with Gasteiger partial charge in [0.25, 0.3) is 0 Å². The van der Waals surface area contributed by atoms with Crippen molar-refractivity contribution >= 4 is 5.91 Å².